The van der Waals surface area contributed by atoms with Crippen LogP contribution in [0.2, 0.25) is 0 Å². The molecule has 0 unspecified atom stereocenters. The Morgan fingerprint density at radius 3 is 2.90 bits per heavy atom. The first kappa shape index (κ1) is 12.2. The van der Waals surface area contributed by atoms with Gasteiger partial charge < -0.3 is 10.1 Å². The lowest BCUT2D eigenvalue weighted by Crippen LogP contribution is -2.41. The van der Waals surface area contributed by atoms with E-state index >= 15 is 0 Å². The normalized spacial score (nSPS) is 32.3. The quantitative estimate of drug-likeness (QED) is 0.894. The molecule has 1 fully saturated rings. The standard InChI is InChI=1S/C17H20N2O/c1-2-6-13(7-3-1)15-12-20-16(19-15)14-8-4-9-17(14)10-5-11-18-17/h1-3,6-8,15,18H,4-5,9-12H2/t15-,17-/m0/s1. The third kappa shape index (κ3) is 1.88. The summed E-state index contributed by atoms with van der Waals surface area (Å²) in [6.45, 7) is 1.79. The molecule has 1 aromatic rings. The first-order chi connectivity index (χ1) is 9.87. The largest absolute Gasteiger partial charge is 0.475 e. The van der Waals surface area contributed by atoms with Gasteiger partial charge in [-0.05, 0) is 37.8 Å². The summed E-state index contributed by atoms with van der Waals surface area (Å²) in [4.78, 5) is 4.85. The minimum absolute atomic E-state index is 0.157. The summed E-state index contributed by atoms with van der Waals surface area (Å²) < 4.78 is 5.93. The minimum atomic E-state index is 0.157. The number of nitrogens with one attached hydrogen (secondary N) is 1. The highest BCUT2D eigenvalue weighted by Gasteiger charge is 2.43. The van der Waals surface area contributed by atoms with Gasteiger partial charge in [0.25, 0.3) is 0 Å². The van der Waals surface area contributed by atoms with E-state index < -0.39 is 0 Å². The van der Waals surface area contributed by atoms with Crippen molar-refractivity contribution in [1.82, 2.24) is 5.32 Å². The Bertz CT molecular complexity index is 556. The van der Waals surface area contributed by atoms with E-state index in [0.717, 1.165) is 18.9 Å². The molecule has 4 rings (SSSR count). The molecule has 1 N–H and O–H groups in total. The van der Waals surface area contributed by atoms with Gasteiger partial charge in [0.2, 0.25) is 5.90 Å². The number of hydrogen-bond acceptors (Lipinski definition) is 3. The van der Waals surface area contributed by atoms with Crippen molar-refractivity contribution in [3.63, 3.8) is 0 Å². The number of hydrogen-bond donors (Lipinski definition) is 1. The molecule has 1 spiro atoms. The van der Waals surface area contributed by atoms with Crippen molar-refractivity contribution in [2.75, 3.05) is 13.2 Å². The Labute approximate surface area is 119 Å². The first-order valence-electron chi connectivity index (χ1n) is 7.59. The summed E-state index contributed by atoms with van der Waals surface area (Å²) in [6, 6.07) is 10.6. The van der Waals surface area contributed by atoms with Crippen LogP contribution < -0.4 is 5.32 Å². The summed E-state index contributed by atoms with van der Waals surface area (Å²) in [5.41, 5.74) is 2.72. The van der Waals surface area contributed by atoms with Gasteiger partial charge in [-0.15, -0.1) is 0 Å². The van der Waals surface area contributed by atoms with Crippen molar-refractivity contribution >= 4 is 5.90 Å². The zero-order chi connectivity index (χ0) is 13.4. The first-order valence-corrected chi connectivity index (χ1v) is 7.59. The van der Waals surface area contributed by atoms with Gasteiger partial charge in [-0.3, -0.25) is 0 Å². The summed E-state index contributed by atoms with van der Waals surface area (Å²) in [5, 5.41) is 3.68. The van der Waals surface area contributed by atoms with Gasteiger partial charge in [0, 0.05) is 11.1 Å². The molecule has 0 bridgehead atoms. The molecule has 1 aromatic carbocycles. The summed E-state index contributed by atoms with van der Waals surface area (Å²) >= 11 is 0. The molecule has 3 heteroatoms. The molecule has 0 radical (unpaired) electrons. The topological polar surface area (TPSA) is 33.6 Å². The van der Waals surface area contributed by atoms with E-state index in [1.165, 1.54) is 30.4 Å². The van der Waals surface area contributed by atoms with E-state index in [0.29, 0.717) is 6.61 Å². The molecule has 3 nitrogen and oxygen atoms in total. The Morgan fingerprint density at radius 2 is 2.10 bits per heavy atom. The van der Waals surface area contributed by atoms with Gasteiger partial charge in [0.15, 0.2) is 0 Å². The molecular weight excluding hydrogens is 248 g/mol. The Kier molecular flexibility index (Phi) is 2.88. The molecule has 0 saturated carbocycles. The highest BCUT2D eigenvalue weighted by molar-refractivity contribution is 5.97. The molecule has 1 saturated heterocycles. The molecule has 1 aliphatic carbocycles. The van der Waals surface area contributed by atoms with Crippen LogP contribution in [0.4, 0.5) is 0 Å². The molecule has 2 heterocycles. The van der Waals surface area contributed by atoms with E-state index in [2.05, 4.69) is 35.7 Å². The average Bonchev–Trinajstić information content (AvgIpc) is 3.22. The van der Waals surface area contributed by atoms with Crippen molar-refractivity contribution in [1.29, 1.82) is 0 Å². The number of ether oxygens (including phenoxy) is 1. The Morgan fingerprint density at radius 1 is 1.20 bits per heavy atom. The zero-order valence-corrected chi connectivity index (χ0v) is 11.6. The fourth-order valence-corrected chi connectivity index (χ4v) is 3.70. The summed E-state index contributed by atoms with van der Waals surface area (Å²) in [6.07, 6.45) is 7.13. The van der Waals surface area contributed by atoms with Crippen LogP contribution in [0.1, 0.15) is 37.3 Å². The lowest BCUT2D eigenvalue weighted by Gasteiger charge is -2.27. The van der Waals surface area contributed by atoms with Crippen molar-refractivity contribution in [3.05, 3.63) is 47.5 Å². The fourth-order valence-electron chi connectivity index (χ4n) is 3.70. The van der Waals surface area contributed by atoms with Gasteiger partial charge in [0.1, 0.15) is 12.6 Å². The maximum atomic E-state index is 5.93. The number of aliphatic imine (C=N–C) groups is 1. The van der Waals surface area contributed by atoms with Crippen LogP contribution in [0.5, 0.6) is 0 Å². The van der Waals surface area contributed by atoms with E-state index in [9.17, 15) is 0 Å². The van der Waals surface area contributed by atoms with Crippen LogP contribution >= 0.6 is 0 Å². The van der Waals surface area contributed by atoms with Crippen LogP contribution in [-0.4, -0.2) is 24.6 Å². The molecule has 104 valence electrons. The highest BCUT2D eigenvalue weighted by Crippen LogP contribution is 2.40. The molecule has 3 aliphatic rings. The third-order valence-electron chi connectivity index (χ3n) is 4.74. The van der Waals surface area contributed by atoms with Crippen LogP contribution in [-0.2, 0) is 4.74 Å². The number of nitrogens with zero attached hydrogens (tertiary/aromatic N) is 1. The van der Waals surface area contributed by atoms with Crippen molar-refractivity contribution in [2.24, 2.45) is 4.99 Å². The summed E-state index contributed by atoms with van der Waals surface area (Å²) in [5.74, 6) is 0.880. The third-order valence-corrected chi connectivity index (χ3v) is 4.74. The molecule has 2 aliphatic heterocycles. The van der Waals surface area contributed by atoms with Gasteiger partial charge in [0.05, 0.1) is 0 Å². The van der Waals surface area contributed by atoms with Crippen LogP contribution in [0.3, 0.4) is 0 Å². The van der Waals surface area contributed by atoms with E-state index in [4.69, 9.17) is 9.73 Å². The lowest BCUT2D eigenvalue weighted by atomic mass is 9.89. The predicted octanol–water partition coefficient (Wildman–Crippen LogP) is 3.00. The maximum absolute atomic E-state index is 5.93. The van der Waals surface area contributed by atoms with Gasteiger partial charge in [-0.25, -0.2) is 4.99 Å². The number of rotatable bonds is 2. The lowest BCUT2D eigenvalue weighted by molar-refractivity contribution is 0.312. The number of benzene rings is 1. The van der Waals surface area contributed by atoms with E-state index in [1.54, 1.807) is 0 Å². The average molecular weight is 268 g/mol. The van der Waals surface area contributed by atoms with E-state index in [1.807, 2.05) is 6.07 Å². The second-order valence-corrected chi connectivity index (χ2v) is 5.94. The Hall–Kier alpha value is -1.61. The highest BCUT2D eigenvalue weighted by atomic mass is 16.5. The Balaban J connectivity index is 1.61. The molecular formula is C17H20N2O. The number of allylic oxidation sites excluding steroid dienone is 1. The molecule has 0 aromatic heterocycles. The zero-order valence-electron chi connectivity index (χ0n) is 11.6. The molecule has 2 atom stereocenters. The van der Waals surface area contributed by atoms with Crippen LogP contribution in [0, 0.1) is 0 Å². The smallest absolute Gasteiger partial charge is 0.214 e. The fraction of sp³-hybridized carbons (Fsp3) is 0.471. The minimum Gasteiger partial charge on any atom is -0.475 e. The second kappa shape index (κ2) is 4.74. The molecule has 0 amide bonds. The van der Waals surface area contributed by atoms with Crippen molar-refractivity contribution in [3.8, 4) is 0 Å². The SMILES string of the molecule is C1=C(C2=N[C@H](c3ccccc3)CO2)[C@]2(CC1)CCCN2. The van der Waals surface area contributed by atoms with Crippen molar-refractivity contribution < 1.29 is 4.74 Å². The van der Waals surface area contributed by atoms with E-state index in [-0.39, 0.29) is 11.6 Å². The molecule has 20 heavy (non-hydrogen) atoms. The second-order valence-electron chi connectivity index (χ2n) is 5.94. The summed E-state index contributed by atoms with van der Waals surface area (Å²) in [7, 11) is 0. The maximum Gasteiger partial charge on any atom is 0.214 e. The predicted molar refractivity (Wildman–Crippen MR) is 79.9 cm³/mol. The van der Waals surface area contributed by atoms with Crippen LogP contribution in [0.25, 0.3) is 0 Å². The monoisotopic (exact) mass is 268 g/mol. The van der Waals surface area contributed by atoms with Gasteiger partial charge in [-0.2, -0.15) is 0 Å². The van der Waals surface area contributed by atoms with Crippen LogP contribution in [0.15, 0.2) is 47.0 Å². The van der Waals surface area contributed by atoms with Crippen molar-refractivity contribution in [2.45, 2.75) is 37.3 Å². The van der Waals surface area contributed by atoms with Gasteiger partial charge in [-0.1, -0.05) is 36.4 Å². The van der Waals surface area contributed by atoms with Gasteiger partial charge >= 0.3 is 0 Å².